The molecule has 0 saturated heterocycles. The molecular weight excluding hydrogens is 396 g/mol. The predicted molar refractivity (Wildman–Crippen MR) is 114 cm³/mol. The molecule has 0 aliphatic rings. The number of hydrogen-bond donors (Lipinski definition) is 1. The van der Waals surface area contributed by atoms with Gasteiger partial charge >= 0.3 is 0 Å². The van der Waals surface area contributed by atoms with Crippen LogP contribution < -0.4 is 15.6 Å². The summed E-state index contributed by atoms with van der Waals surface area (Å²) in [6.45, 7) is 3.00. The largest absolute Gasteiger partial charge is 0.494 e. The molecule has 0 spiro atoms. The number of rotatable bonds is 7. The maximum Gasteiger partial charge on any atom is 0.251 e. The number of fused-ring (bicyclic) bond motifs is 1. The van der Waals surface area contributed by atoms with Crippen molar-refractivity contribution in [1.82, 2.24) is 9.88 Å². The Kier molecular flexibility index (Phi) is 6.65. The third-order valence-corrected chi connectivity index (χ3v) is 5.54. The Bertz CT molecular complexity index is 1050. The fourth-order valence-corrected chi connectivity index (χ4v) is 3.85. The SMILES string of the molecule is CCOc1ccc(CNC(=O)CSc2cc(=O)n(C)c3ccc(Cl)cc23)cc1. The molecule has 0 saturated carbocycles. The van der Waals surface area contributed by atoms with Crippen LogP contribution in [-0.4, -0.2) is 22.8 Å². The Labute approximate surface area is 172 Å². The van der Waals surface area contributed by atoms with E-state index < -0.39 is 0 Å². The first-order valence-corrected chi connectivity index (χ1v) is 10.2. The van der Waals surface area contributed by atoms with Gasteiger partial charge in [-0.3, -0.25) is 9.59 Å². The molecule has 0 radical (unpaired) electrons. The minimum absolute atomic E-state index is 0.102. The highest BCUT2D eigenvalue weighted by atomic mass is 35.5. The average molecular weight is 417 g/mol. The minimum Gasteiger partial charge on any atom is -0.494 e. The molecule has 0 fully saturated rings. The second-order valence-electron chi connectivity index (χ2n) is 6.21. The average Bonchev–Trinajstić information content (AvgIpc) is 2.69. The van der Waals surface area contributed by atoms with Crippen molar-refractivity contribution in [1.29, 1.82) is 0 Å². The van der Waals surface area contributed by atoms with Gasteiger partial charge in [0.15, 0.2) is 0 Å². The molecule has 1 N–H and O–H groups in total. The van der Waals surface area contributed by atoms with Crippen LogP contribution in [0.2, 0.25) is 5.02 Å². The molecule has 0 bridgehead atoms. The number of carbonyl (C=O) groups is 1. The number of nitrogens with zero attached hydrogens (tertiary/aromatic N) is 1. The van der Waals surface area contributed by atoms with Crippen molar-refractivity contribution in [3.05, 3.63) is 69.5 Å². The third-order valence-electron chi connectivity index (χ3n) is 4.25. The van der Waals surface area contributed by atoms with Crippen LogP contribution in [-0.2, 0) is 18.4 Å². The lowest BCUT2D eigenvalue weighted by Crippen LogP contribution is -2.24. The van der Waals surface area contributed by atoms with E-state index in [-0.39, 0.29) is 17.2 Å². The van der Waals surface area contributed by atoms with Crippen molar-refractivity contribution in [2.45, 2.75) is 18.4 Å². The summed E-state index contributed by atoms with van der Waals surface area (Å²) in [6, 6.07) is 14.5. The lowest BCUT2D eigenvalue weighted by molar-refractivity contribution is -0.118. The second-order valence-corrected chi connectivity index (χ2v) is 7.66. The summed E-state index contributed by atoms with van der Waals surface area (Å²) in [4.78, 5) is 25.2. The molecular formula is C21H21ClN2O3S. The number of ether oxygens (including phenoxy) is 1. The smallest absolute Gasteiger partial charge is 0.251 e. The molecule has 3 rings (SSSR count). The highest BCUT2D eigenvalue weighted by Gasteiger charge is 2.10. The summed E-state index contributed by atoms with van der Waals surface area (Å²) in [6.07, 6.45) is 0. The van der Waals surface area contributed by atoms with Crippen molar-refractivity contribution in [3.63, 3.8) is 0 Å². The molecule has 1 aromatic heterocycles. The summed E-state index contributed by atoms with van der Waals surface area (Å²) >= 11 is 7.44. The fourth-order valence-electron chi connectivity index (χ4n) is 2.79. The molecule has 0 aliphatic heterocycles. The number of aryl methyl sites for hydroxylation is 1. The van der Waals surface area contributed by atoms with E-state index in [1.54, 1.807) is 23.7 Å². The zero-order valence-corrected chi connectivity index (χ0v) is 17.3. The zero-order valence-electron chi connectivity index (χ0n) is 15.7. The maximum absolute atomic E-state index is 12.2. The predicted octanol–water partition coefficient (Wildman–Crippen LogP) is 4.00. The number of hydrogen-bond acceptors (Lipinski definition) is 4. The molecule has 146 valence electrons. The van der Waals surface area contributed by atoms with Crippen LogP contribution in [0.1, 0.15) is 12.5 Å². The molecule has 1 heterocycles. The molecule has 0 unspecified atom stereocenters. The number of aromatic nitrogens is 1. The number of halogens is 1. The van der Waals surface area contributed by atoms with Crippen LogP contribution in [0.25, 0.3) is 10.9 Å². The fraction of sp³-hybridized carbons (Fsp3) is 0.238. The van der Waals surface area contributed by atoms with E-state index >= 15 is 0 Å². The maximum atomic E-state index is 12.2. The summed E-state index contributed by atoms with van der Waals surface area (Å²) in [5.74, 6) is 0.922. The second kappa shape index (κ2) is 9.17. The van der Waals surface area contributed by atoms with E-state index in [4.69, 9.17) is 16.3 Å². The Morgan fingerprint density at radius 2 is 1.93 bits per heavy atom. The minimum atomic E-state index is -0.118. The normalized spacial score (nSPS) is 10.8. The number of nitrogens with one attached hydrogen (secondary N) is 1. The van der Waals surface area contributed by atoms with Crippen LogP contribution in [0.4, 0.5) is 0 Å². The zero-order chi connectivity index (χ0) is 20.1. The summed E-state index contributed by atoms with van der Waals surface area (Å²) in [7, 11) is 1.72. The Hall–Kier alpha value is -2.44. The van der Waals surface area contributed by atoms with Crippen molar-refractivity contribution in [2.75, 3.05) is 12.4 Å². The van der Waals surface area contributed by atoms with Gasteiger partial charge in [0.25, 0.3) is 5.56 Å². The van der Waals surface area contributed by atoms with Gasteiger partial charge < -0.3 is 14.6 Å². The van der Waals surface area contributed by atoms with E-state index in [0.29, 0.717) is 18.2 Å². The van der Waals surface area contributed by atoms with E-state index in [9.17, 15) is 9.59 Å². The van der Waals surface area contributed by atoms with Crippen molar-refractivity contribution >= 4 is 40.2 Å². The van der Waals surface area contributed by atoms with Gasteiger partial charge in [-0.2, -0.15) is 0 Å². The first kappa shape index (κ1) is 20.3. The standard InChI is InChI=1S/C21H21ClN2O3S/c1-3-27-16-7-4-14(5-8-16)12-23-20(25)13-28-19-11-21(26)24(2)18-9-6-15(22)10-17(18)19/h4-11H,3,12-13H2,1-2H3,(H,23,25). The number of benzene rings is 2. The van der Waals surface area contributed by atoms with Gasteiger partial charge in [-0.15, -0.1) is 11.8 Å². The van der Waals surface area contributed by atoms with E-state index in [2.05, 4.69) is 5.32 Å². The van der Waals surface area contributed by atoms with Crippen LogP contribution in [0.15, 0.2) is 58.2 Å². The van der Waals surface area contributed by atoms with Crippen molar-refractivity contribution < 1.29 is 9.53 Å². The monoisotopic (exact) mass is 416 g/mol. The summed E-state index contributed by atoms with van der Waals surface area (Å²) in [5, 5.41) is 4.35. The van der Waals surface area contributed by atoms with Gasteiger partial charge in [-0.1, -0.05) is 23.7 Å². The van der Waals surface area contributed by atoms with E-state index in [0.717, 1.165) is 27.1 Å². The molecule has 1 amide bonds. The van der Waals surface area contributed by atoms with Crippen LogP contribution in [0.3, 0.4) is 0 Å². The van der Waals surface area contributed by atoms with Gasteiger partial charge in [-0.05, 0) is 42.8 Å². The molecule has 2 aromatic carbocycles. The quantitative estimate of drug-likeness (QED) is 0.591. The number of amides is 1. The first-order valence-electron chi connectivity index (χ1n) is 8.88. The van der Waals surface area contributed by atoms with Gasteiger partial charge in [0.2, 0.25) is 5.91 Å². The van der Waals surface area contributed by atoms with Gasteiger partial charge in [-0.25, -0.2) is 0 Å². The molecule has 0 atom stereocenters. The van der Waals surface area contributed by atoms with Crippen LogP contribution in [0.5, 0.6) is 5.75 Å². The van der Waals surface area contributed by atoms with Crippen molar-refractivity contribution in [2.24, 2.45) is 7.05 Å². The Morgan fingerprint density at radius 3 is 2.64 bits per heavy atom. The Morgan fingerprint density at radius 1 is 1.18 bits per heavy atom. The molecule has 5 nitrogen and oxygen atoms in total. The summed E-state index contributed by atoms with van der Waals surface area (Å²) in [5.41, 5.74) is 1.66. The molecule has 3 aromatic rings. The highest BCUT2D eigenvalue weighted by Crippen LogP contribution is 2.28. The van der Waals surface area contributed by atoms with E-state index in [1.165, 1.54) is 11.8 Å². The molecule has 28 heavy (non-hydrogen) atoms. The first-order chi connectivity index (χ1) is 13.5. The number of pyridine rings is 1. The highest BCUT2D eigenvalue weighted by molar-refractivity contribution is 8.00. The van der Waals surface area contributed by atoms with Crippen LogP contribution in [0, 0.1) is 0 Å². The number of thioether (sulfide) groups is 1. The number of carbonyl (C=O) groups excluding carboxylic acids is 1. The van der Waals surface area contributed by atoms with Crippen LogP contribution >= 0.6 is 23.4 Å². The lowest BCUT2D eigenvalue weighted by atomic mass is 10.2. The topological polar surface area (TPSA) is 60.3 Å². The lowest BCUT2D eigenvalue weighted by Gasteiger charge is -2.11. The van der Waals surface area contributed by atoms with Gasteiger partial charge in [0.1, 0.15) is 5.75 Å². The Balaban J connectivity index is 1.64. The third kappa shape index (κ3) is 4.88. The summed E-state index contributed by atoms with van der Waals surface area (Å²) < 4.78 is 6.98. The van der Waals surface area contributed by atoms with E-state index in [1.807, 2.05) is 43.3 Å². The van der Waals surface area contributed by atoms with Gasteiger partial charge in [0.05, 0.1) is 17.9 Å². The molecule has 7 heteroatoms. The molecule has 0 aliphatic carbocycles. The van der Waals surface area contributed by atoms with Gasteiger partial charge in [0, 0.05) is 35.0 Å². The van der Waals surface area contributed by atoms with Crippen molar-refractivity contribution in [3.8, 4) is 5.75 Å².